The predicted octanol–water partition coefficient (Wildman–Crippen LogP) is 2.44. The summed E-state index contributed by atoms with van der Waals surface area (Å²) in [5.41, 5.74) is 1.55. The van der Waals surface area contributed by atoms with Crippen LogP contribution in [0.4, 0.5) is 0 Å². The highest BCUT2D eigenvalue weighted by molar-refractivity contribution is 5.97. The van der Waals surface area contributed by atoms with Crippen molar-refractivity contribution in [3.63, 3.8) is 0 Å². The van der Waals surface area contributed by atoms with E-state index in [1.54, 1.807) is 24.5 Å². The third-order valence-corrected chi connectivity index (χ3v) is 4.50. The number of likely N-dealkylation sites (tertiary alicyclic amines) is 1. The van der Waals surface area contributed by atoms with E-state index >= 15 is 0 Å². The molecule has 0 aliphatic carbocycles. The van der Waals surface area contributed by atoms with Gasteiger partial charge in [-0.25, -0.2) is 0 Å². The summed E-state index contributed by atoms with van der Waals surface area (Å²) in [5, 5.41) is 2.92. The van der Waals surface area contributed by atoms with Gasteiger partial charge in [0.1, 0.15) is 6.04 Å². The van der Waals surface area contributed by atoms with Gasteiger partial charge in [-0.15, -0.1) is 0 Å². The number of rotatable bonds is 5. The highest BCUT2D eigenvalue weighted by Gasteiger charge is 2.27. The van der Waals surface area contributed by atoms with Gasteiger partial charge in [-0.05, 0) is 37.0 Å². The molecule has 1 aliphatic rings. The molecule has 2 amide bonds. The summed E-state index contributed by atoms with van der Waals surface area (Å²) in [5.74, 6) is -0.236. The van der Waals surface area contributed by atoms with Crippen LogP contribution in [0, 0.1) is 0 Å². The lowest BCUT2D eigenvalue weighted by Gasteiger charge is -2.31. The number of aromatic nitrogens is 1. The van der Waals surface area contributed by atoms with Crippen LogP contribution in [-0.2, 0) is 11.2 Å². The number of nitrogens with zero attached hydrogens (tertiary/aromatic N) is 2. The van der Waals surface area contributed by atoms with Gasteiger partial charge in [0.2, 0.25) is 5.91 Å². The Morgan fingerprint density at radius 1 is 1.00 bits per heavy atom. The number of hydrogen-bond acceptors (Lipinski definition) is 3. The van der Waals surface area contributed by atoms with E-state index in [9.17, 15) is 9.59 Å². The highest BCUT2D eigenvalue weighted by atomic mass is 16.2. The van der Waals surface area contributed by atoms with Gasteiger partial charge >= 0.3 is 0 Å². The maximum absolute atomic E-state index is 13.0. The van der Waals surface area contributed by atoms with Gasteiger partial charge in [-0.2, -0.15) is 0 Å². The first-order valence-corrected chi connectivity index (χ1v) is 8.77. The predicted molar refractivity (Wildman–Crippen MR) is 96.1 cm³/mol. The number of hydrogen-bond donors (Lipinski definition) is 1. The van der Waals surface area contributed by atoms with Crippen molar-refractivity contribution in [3.8, 4) is 0 Å². The average Bonchev–Trinajstić information content (AvgIpc) is 2.69. The van der Waals surface area contributed by atoms with Gasteiger partial charge < -0.3 is 10.2 Å². The molecule has 0 spiro atoms. The fraction of sp³-hybridized carbons (Fsp3) is 0.350. The first kappa shape index (κ1) is 17.1. The number of benzene rings is 1. The lowest BCUT2D eigenvalue weighted by Crippen LogP contribution is -2.51. The lowest BCUT2D eigenvalue weighted by molar-refractivity contribution is -0.134. The Morgan fingerprint density at radius 3 is 2.36 bits per heavy atom. The molecule has 1 aromatic heterocycles. The minimum Gasteiger partial charge on any atom is -0.341 e. The van der Waals surface area contributed by atoms with Gasteiger partial charge in [-0.1, -0.05) is 30.3 Å². The van der Waals surface area contributed by atoms with Crippen molar-refractivity contribution < 1.29 is 9.59 Å². The third-order valence-electron chi connectivity index (χ3n) is 4.50. The van der Waals surface area contributed by atoms with Crippen LogP contribution in [0.2, 0.25) is 0 Å². The first-order chi connectivity index (χ1) is 12.2. The maximum atomic E-state index is 13.0. The summed E-state index contributed by atoms with van der Waals surface area (Å²) < 4.78 is 0. The van der Waals surface area contributed by atoms with Crippen molar-refractivity contribution in [1.29, 1.82) is 0 Å². The molecule has 0 saturated carbocycles. The van der Waals surface area contributed by atoms with Crippen LogP contribution in [0.1, 0.15) is 35.2 Å². The molecule has 1 atom stereocenters. The minimum absolute atomic E-state index is 0.00552. The maximum Gasteiger partial charge on any atom is 0.252 e. The number of piperidine rings is 1. The van der Waals surface area contributed by atoms with Crippen LogP contribution in [0.5, 0.6) is 0 Å². The number of pyridine rings is 1. The van der Waals surface area contributed by atoms with Gasteiger partial charge in [0.05, 0.1) is 0 Å². The summed E-state index contributed by atoms with van der Waals surface area (Å²) in [6.07, 6.45) is 6.87. The lowest BCUT2D eigenvalue weighted by atomic mass is 10.0. The summed E-state index contributed by atoms with van der Waals surface area (Å²) in [4.78, 5) is 31.3. The molecule has 5 nitrogen and oxygen atoms in total. The minimum atomic E-state index is -0.554. The van der Waals surface area contributed by atoms with Crippen LogP contribution < -0.4 is 5.32 Å². The summed E-state index contributed by atoms with van der Waals surface area (Å²) in [7, 11) is 0. The monoisotopic (exact) mass is 337 g/mol. The Morgan fingerprint density at radius 2 is 1.68 bits per heavy atom. The van der Waals surface area contributed by atoms with Crippen molar-refractivity contribution in [2.45, 2.75) is 31.7 Å². The molecular weight excluding hydrogens is 314 g/mol. The van der Waals surface area contributed by atoms with Gasteiger partial charge in [0, 0.05) is 37.5 Å². The molecule has 130 valence electrons. The molecule has 0 radical (unpaired) electrons. The van der Waals surface area contributed by atoms with Crippen LogP contribution in [-0.4, -0.2) is 40.8 Å². The molecule has 2 aromatic rings. The smallest absolute Gasteiger partial charge is 0.252 e. The Kier molecular flexibility index (Phi) is 5.77. The number of carbonyl (C=O) groups is 2. The van der Waals surface area contributed by atoms with E-state index < -0.39 is 6.04 Å². The van der Waals surface area contributed by atoms with Crippen LogP contribution >= 0.6 is 0 Å². The Bertz CT molecular complexity index is 697. The van der Waals surface area contributed by atoms with Crippen LogP contribution in [0.25, 0.3) is 0 Å². The molecule has 0 bridgehead atoms. The van der Waals surface area contributed by atoms with Crippen LogP contribution in [0.3, 0.4) is 0 Å². The van der Waals surface area contributed by atoms with Crippen molar-refractivity contribution in [3.05, 3.63) is 66.0 Å². The highest BCUT2D eigenvalue weighted by Crippen LogP contribution is 2.13. The van der Waals surface area contributed by atoms with E-state index in [0.29, 0.717) is 12.0 Å². The van der Waals surface area contributed by atoms with Gasteiger partial charge in [0.15, 0.2) is 0 Å². The molecule has 1 N–H and O–H groups in total. The average molecular weight is 337 g/mol. The molecular formula is C20H23N3O2. The Balaban J connectivity index is 1.75. The Labute approximate surface area is 148 Å². The zero-order valence-electron chi connectivity index (χ0n) is 14.2. The molecule has 1 fully saturated rings. The number of nitrogens with one attached hydrogen (secondary N) is 1. The van der Waals surface area contributed by atoms with E-state index in [-0.39, 0.29) is 11.8 Å². The van der Waals surface area contributed by atoms with E-state index in [4.69, 9.17) is 0 Å². The molecule has 1 aromatic carbocycles. The zero-order valence-corrected chi connectivity index (χ0v) is 14.2. The molecule has 5 heteroatoms. The summed E-state index contributed by atoms with van der Waals surface area (Å²) >= 11 is 0. The van der Waals surface area contributed by atoms with E-state index in [1.165, 1.54) is 0 Å². The molecule has 0 unspecified atom stereocenters. The second-order valence-electron chi connectivity index (χ2n) is 6.34. The molecule has 2 heterocycles. The van der Waals surface area contributed by atoms with Gasteiger partial charge in [0.25, 0.3) is 5.91 Å². The second-order valence-corrected chi connectivity index (χ2v) is 6.34. The van der Waals surface area contributed by atoms with Gasteiger partial charge in [-0.3, -0.25) is 14.6 Å². The van der Waals surface area contributed by atoms with Crippen molar-refractivity contribution in [1.82, 2.24) is 15.2 Å². The van der Waals surface area contributed by atoms with E-state index in [1.807, 2.05) is 35.2 Å². The van der Waals surface area contributed by atoms with Crippen LogP contribution in [0.15, 0.2) is 54.9 Å². The molecule has 3 rings (SSSR count). The third kappa shape index (κ3) is 4.66. The molecule has 1 saturated heterocycles. The first-order valence-electron chi connectivity index (χ1n) is 8.77. The fourth-order valence-electron chi connectivity index (χ4n) is 3.13. The second kappa shape index (κ2) is 8.42. The van der Waals surface area contributed by atoms with E-state index in [0.717, 1.165) is 37.9 Å². The molecule has 25 heavy (non-hydrogen) atoms. The van der Waals surface area contributed by atoms with Crippen molar-refractivity contribution >= 4 is 11.8 Å². The quantitative estimate of drug-likeness (QED) is 0.911. The van der Waals surface area contributed by atoms with Crippen molar-refractivity contribution in [2.75, 3.05) is 13.1 Å². The van der Waals surface area contributed by atoms with E-state index in [2.05, 4.69) is 10.3 Å². The number of carbonyl (C=O) groups excluding carboxylic acids is 2. The normalized spacial score (nSPS) is 15.4. The SMILES string of the molecule is O=C(N[C@@H](Cc1ccccc1)C(=O)N1CCCCC1)c1ccncc1. The fourth-order valence-corrected chi connectivity index (χ4v) is 3.13. The Hall–Kier alpha value is -2.69. The summed E-state index contributed by atoms with van der Waals surface area (Å²) in [6, 6.07) is 12.6. The standard InChI is InChI=1S/C20H23N3O2/c24-19(17-9-11-21-12-10-17)22-18(15-16-7-3-1-4-8-16)20(25)23-13-5-2-6-14-23/h1,3-4,7-12,18H,2,5-6,13-15H2,(H,22,24)/t18-/m0/s1. The molecule has 1 aliphatic heterocycles. The number of amides is 2. The zero-order chi connectivity index (χ0) is 17.5. The largest absolute Gasteiger partial charge is 0.341 e. The van der Waals surface area contributed by atoms with Crippen molar-refractivity contribution in [2.24, 2.45) is 0 Å². The summed E-state index contributed by atoms with van der Waals surface area (Å²) in [6.45, 7) is 1.55. The topological polar surface area (TPSA) is 62.3 Å².